The molecule has 1 aromatic carbocycles. The molecule has 7 nitrogen and oxygen atoms in total. The zero-order valence-corrected chi connectivity index (χ0v) is 13.7. The van der Waals surface area contributed by atoms with E-state index in [0.29, 0.717) is 17.0 Å². The summed E-state index contributed by atoms with van der Waals surface area (Å²) in [7, 11) is -1.49. The molecule has 1 atom stereocenters. The van der Waals surface area contributed by atoms with Crippen molar-refractivity contribution >= 4 is 15.9 Å². The first-order chi connectivity index (χ1) is 10.9. The molecule has 3 rings (SSSR count). The molecule has 122 valence electrons. The number of fused-ring (bicyclic) bond motifs is 1. The summed E-state index contributed by atoms with van der Waals surface area (Å²) in [5, 5.41) is 9.58. The number of aryl methyl sites for hydroxylation is 1. The van der Waals surface area contributed by atoms with Crippen molar-refractivity contribution in [1.82, 2.24) is 20.4 Å². The lowest BCUT2D eigenvalue weighted by Gasteiger charge is -2.13. The normalized spacial score (nSPS) is 18.4. The molecule has 2 amide bonds. The van der Waals surface area contributed by atoms with Gasteiger partial charge in [0.25, 0.3) is 0 Å². The largest absolute Gasteiger partial charge is 0.334 e. The molecular weight excluding hydrogens is 316 g/mol. The molecule has 1 aliphatic rings. The fourth-order valence-electron chi connectivity index (χ4n) is 2.67. The Morgan fingerprint density at radius 3 is 2.83 bits per heavy atom. The van der Waals surface area contributed by atoms with E-state index in [1.807, 2.05) is 14.0 Å². The SMILES string of the molecule is Cc1c(CNC(=O)NC2CS(=O)(=O)c3ccccc32)cnn1C. The number of hydrogen-bond acceptors (Lipinski definition) is 4. The number of carbonyl (C=O) groups excluding carboxylic acids is 1. The molecule has 23 heavy (non-hydrogen) atoms. The number of benzene rings is 1. The molecule has 0 fully saturated rings. The summed E-state index contributed by atoms with van der Waals surface area (Å²) in [6.07, 6.45) is 1.70. The Balaban J connectivity index is 1.66. The smallest absolute Gasteiger partial charge is 0.315 e. The van der Waals surface area contributed by atoms with Crippen LogP contribution in [-0.4, -0.2) is 30.0 Å². The minimum atomic E-state index is -3.33. The Hall–Kier alpha value is -2.35. The fraction of sp³-hybridized carbons (Fsp3) is 0.333. The van der Waals surface area contributed by atoms with E-state index in [1.54, 1.807) is 35.1 Å². The Morgan fingerprint density at radius 2 is 2.13 bits per heavy atom. The van der Waals surface area contributed by atoms with Crippen LogP contribution in [0.1, 0.15) is 22.9 Å². The van der Waals surface area contributed by atoms with Crippen molar-refractivity contribution in [3.05, 3.63) is 47.3 Å². The van der Waals surface area contributed by atoms with E-state index in [-0.39, 0.29) is 5.75 Å². The lowest BCUT2D eigenvalue weighted by molar-refractivity contribution is 0.237. The lowest BCUT2D eigenvalue weighted by atomic mass is 10.1. The third-order valence-electron chi connectivity index (χ3n) is 4.10. The number of aromatic nitrogens is 2. The highest BCUT2D eigenvalue weighted by Gasteiger charge is 2.35. The van der Waals surface area contributed by atoms with E-state index in [9.17, 15) is 13.2 Å². The zero-order valence-electron chi connectivity index (χ0n) is 12.9. The third-order valence-corrected chi connectivity index (χ3v) is 5.91. The van der Waals surface area contributed by atoms with Gasteiger partial charge in [-0.2, -0.15) is 5.10 Å². The monoisotopic (exact) mass is 334 g/mol. The molecule has 0 bridgehead atoms. The molecule has 1 aliphatic heterocycles. The van der Waals surface area contributed by atoms with E-state index < -0.39 is 21.9 Å². The van der Waals surface area contributed by atoms with Gasteiger partial charge in [-0.25, -0.2) is 13.2 Å². The van der Waals surface area contributed by atoms with Crippen molar-refractivity contribution in [1.29, 1.82) is 0 Å². The minimum Gasteiger partial charge on any atom is -0.334 e. The fourth-order valence-corrected chi connectivity index (χ4v) is 4.41. The summed E-state index contributed by atoms with van der Waals surface area (Å²) in [5.41, 5.74) is 2.53. The number of sulfone groups is 1. The van der Waals surface area contributed by atoms with Crippen molar-refractivity contribution in [3.63, 3.8) is 0 Å². The molecule has 2 aromatic rings. The second-order valence-electron chi connectivity index (χ2n) is 5.58. The van der Waals surface area contributed by atoms with Crippen LogP contribution in [0.2, 0.25) is 0 Å². The van der Waals surface area contributed by atoms with Crippen LogP contribution in [0.15, 0.2) is 35.4 Å². The van der Waals surface area contributed by atoms with E-state index in [2.05, 4.69) is 15.7 Å². The predicted molar refractivity (Wildman–Crippen MR) is 84.6 cm³/mol. The zero-order chi connectivity index (χ0) is 16.6. The molecule has 2 heterocycles. The number of nitrogens with zero attached hydrogens (tertiary/aromatic N) is 2. The van der Waals surface area contributed by atoms with Crippen LogP contribution in [0.4, 0.5) is 4.79 Å². The average molecular weight is 334 g/mol. The summed E-state index contributed by atoms with van der Waals surface area (Å²) in [6, 6.07) is 5.84. The van der Waals surface area contributed by atoms with Crippen molar-refractivity contribution in [2.75, 3.05) is 5.75 Å². The summed E-state index contributed by atoms with van der Waals surface area (Å²) in [6.45, 7) is 2.26. The maximum atomic E-state index is 12.1. The van der Waals surface area contributed by atoms with Crippen LogP contribution in [0.25, 0.3) is 0 Å². The minimum absolute atomic E-state index is 0.105. The Labute approximate surface area is 134 Å². The van der Waals surface area contributed by atoms with Gasteiger partial charge in [-0.05, 0) is 18.6 Å². The molecule has 0 saturated carbocycles. The molecule has 2 N–H and O–H groups in total. The van der Waals surface area contributed by atoms with E-state index in [1.165, 1.54) is 0 Å². The van der Waals surface area contributed by atoms with Gasteiger partial charge in [0.2, 0.25) is 0 Å². The number of carbonyl (C=O) groups is 1. The van der Waals surface area contributed by atoms with Gasteiger partial charge in [-0.15, -0.1) is 0 Å². The van der Waals surface area contributed by atoms with Gasteiger partial charge in [-0.1, -0.05) is 18.2 Å². The number of rotatable bonds is 3. The van der Waals surface area contributed by atoms with E-state index in [0.717, 1.165) is 11.3 Å². The number of hydrogen-bond donors (Lipinski definition) is 2. The summed E-state index contributed by atoms with van der Waals surface area (Å²) < 4.78 is 25.9. The van der Waals surface area contributed by atoms with Crippen LogP contribution < -0.4 is 10.6 Å². The highest BCUT2D eigenvalue weighted by molar-refractivity contribution is 7.91. The number of nitrogens with one attached hydrogen (secondary N) is 2. The van der Waals surface area contributed by atoms with Crippen LogP contribution in [0.3, 0.4) is 0 Å². The van der Waals surface area contributed by atoms with Crippen LogP contribution >= 0.6 is 0 Å². The highest BCUT2D eigenvalue weighted by atomic mass is 32.2. The van der Waals surface area contributed by atoms with Crippen molar-refractivity contribution < 1.29 is 13.2 Å². The van der Waals surface area contributed by atoms with Gasteiger partial charge in [0.15, 0.2) is 9.84 Å². The standard InChI is InChI=1S/C15H18N4O3S/c1-10-11(8-17-19(10)2)7-16-15(20)18-13-9-23(21,22)14-6-4-3-5-12(13)14/h3-6,8,13H,7,9H2,1-2H3,(H2,16,18,20). The third kappa shape index (κ3) is 2.94. The molecule has 0 aliphatic carbocycles. The molecule has 0 spiro atoms. The molecule has 0 saturated heterocycles. The number of urea groups is 1. The average Bonchev–Trinajstić information content (AvgIpc) is 2.96. The summed E-state index contributed by atoms with van der Waals surface area (Å²) in [5.74, 6) is -0.105. The molecule has 1 unspecified atom stereocenters. The van der Waals surface area contributed by atoms with E-state index >= 15 is 0 Å². The van der Waals surface area contributed by atoms with Crippen LogP contribution in [-0.2, 0) is 23.4 Å². The first-order valence-electron chi connectivity index (χ1n) is 7.22. The van der Waals surface area contributed by atoms with Crippen LogP contribution in [0, 0.1) is 6.92 Å². The maximum absolute atomic E-state index is 12.1. The second kappa shape index (κ2) is 5.69. The van der Waals surface area contributed by atoms with E-state index in [4.69, 9.17) is 0 Å². The van der Waals surface area contributed by atoms with Gasteiger partial charge >= 0.3 is 6.03 Å². The van der Waals surface area contributed by atoms with Crippen LogP contribution in [0.5, 0.6) is 0 Å². The maximum Gasteiger partial charge on any atom is 0.315 e. The first kappa shape index (κ1) is 15.5. The summed E-state index contributed by atoms with van der Waals surface area (Å²) in [4.78, 5) is 12.4. The second-order valence-corrected chi connectivity index (χ2v) is 7.58. The summed E-state index contributed by atoms with van der Waals surface area (Å²) >= 11 is 0. The lowest BCUT2D eigenvalue weighted by Crippen LogP contribution is -2.38. The topological polar surface area (TPSA) is 93.1 Å². The molecule has 0 radical (unpaired) electrons. The van der Waals surface area contributed by atoms with Gasteiger partial charge in [0, 0.05) is 24.8 Å². The van der Waals surface area contributed by atoms with Crippen molar-refractivity contribution in [2.45, 2.75) is 24.4 Å². The Bertz CT molecular complexity index is 857. The quantitative estimate of drug-likeness (QED) is 0.877. The highest BCUT2D eigenvalue weighted by Crippen LogP contribution is 2.32. The van der Waals surface area contributed by atoms with Crippen molar-refractivity contribution in [3.8, 4) is 0 Å². The molecule has 1 aromatic heterocycles. The first-order valence-corrected chi connectivity index (χ1v) is 8.87. The number of amides is 2. The van der Waals surface area contributed by atoms with Gasteiger partial charge in [0.1, 0.15) is 0 Å². The Kier molecular flexibility index (Phi) is 3.85. The van der Waals surface area contributed by atoms with Gasteiger partial charge in [-0.3, -0.25) is 4.68 Å². The molecular formula is C15H18N4O3S. The van der Waals surface area contributed by atoms with Gasteiger partial charge in [0.05, 0.1) is 22.9 Å². The predicted octanol–water partition coefficient (Wildman–Crippen LogP) is 1.06. The Morgan fingerprint density at radius 1 is 1.39 bits per heavy atom. The van der Waals surface area contributed by atoms with Gasteiger partial charge < -0.3 is 10.6 Å². The van der Waals surface area contributed by atoms with Crippen molar-refractivity contribution in [2.24, 2.45) is 7.05 Å². The molecule has 8 heteroatoms.